The highest BCUT2D eigenvalue weighted by Crippen LogP contribution is 2.36. The van der Waals surface area contributed by atoms with E-state index in [1.165, 1.54) is 4.31 Å². The minimum Gasteiger partial charge on any atom is -0.444 e. The van der Waals surface area contributed by atoms with Crippen LogP contribution in [0.2, 0.25) is 0 Å². The van der Waals surface area contributed by atoms with Crippen LogP contribution in [0.5, 0.6) is 0 Å². The maximum absolute atomic E-state index is 13.5. The van der Waals surface area contributed by atoms with Gasteiger partial charge < -0.3 is 19.4 Å². The molecule has 1 aromatic carbocycles. The monoisotopic (exact) mass is 480 g/mol. The van der Waals surface area contributed by atoms with Crippen molar-refractivity contribution in [2.45, 2.75) is 96.0 Å². The van der Waals surface area contributed by atoms with E-state index in [2.05, 4.69) is 5.32 Å². The Balaban J connectivity index is 1.79. The molecule has 2 aliphatic rings. The molecule has 2 heterocycles. The van der Waals surface area contributed by atoms with Crippen LogP contribution in [0.3, 0.4) is 0 Å². The van der Waals surface area contributed by atoms with Gasteiger partial charge in [0.15, 0.2) is 0 Å². The summed E-state index contributed by atoms with van der Waals surface area (Å²) in [4.78, 5) is 12.4. The molecule has 3 rings (SSSR count). The molecular formula is C23H37BN2O6S. The molecule has 2 fully saturated rings. The molecule has 0 bridgehead atoms. The number of nitrogens with zero attached hydrogens (tertiary/aromatic N) is 1. The third-order valence-electron chi connectivity index (χ3n) is 6.34. The van der Waals surface area contributed by atoms with Crippen molar-refractivity contribution in [1.29, 1.82) is 0 Å². The van der Waals surface area contributed by atoms with Crippen LogP contribution in [-0.4, -0.2) is 61.9 Å². The van der Waals surface area contributed by atoms with E-state index in [1.54, 1.807) is 32.9 Å². The number of sulfonamides is 1. The van der Waals surface area contributed by atoms with Gasteiger partial charge in [-0.3, -0.25) is 0 Å². The van der Waals surface area contributed by atoms with Gasteiger partial charge in [-0.05, 0) is 85.8 Å². The Bertz CT molecular complexity index is 987. The fraction of sp³-hybridized carbons (Fsp3) is 0.696. The Morgan fingerprint density at radius 1 is 1.15 bits per heavy atom. The predicted octanol–water partition coefficient (Wildman–Crippen LogP) is 2.97. The molecule has 0 spiro atoms. The molecule has 1 N–H and O–H groups in total. The van der Waals surface area contributed by atoms with Gasteiger partial charge in [-0.1, -0.05) is 11.6 Å². The van der Waals surface area contributed by atoms with E-state index in [1.807, 2.05) is 40.7 Å². The smallest absolute Gasteiger partial charge is 0.444 e. The molecule has 1 unspecified atom stereocenters. The number of hydrogen-bond donors (Lipinski definition) is 1. The predicted molar refractivity (Wildman–Crippen MR) is 128 cm³/mol. The Hall–Kier alpha value is -1.62. The van der Waals surface area contributed by atoms with Gasteiger partial charge in [-0.25, -0.2) is 13.2 Å². The lowest BCUT2D eigenvalue weighted by molar-refractivity contribution is 0.00578. The highest BCUT2D eigenvalue weighted by atomic mass is 32.2. The van der Waals surface area contributed by atoms with Crippen molar-refractivity contribution in [3.63, 3.8) is 0 Å². The number of nitrogens with one attached hydrogen (secondary N) is 1. The summed E-state index contributed by atoms with van der Waals surface area (Å²) in [6, 6.07) is 4.88. The van der Waals surface area contributed by atoms with Crippen LogP contribution in [0.1, 0.15) is 66.9 Å². The number of benzene rings is 1. The van der Waals surface area contributed by atoms with Gasteiger partial charge in [0.1, 0.15) is 5.60 Å². The van der Waals surface area contributed by atoms with E-state index < -0.39 is 40.0 Å². The number of ether oxygens (including phenoxy) is 1. The molecule has 1 atom stereocenters. The topological polar surface area (TPSA) is 94.2 Å². The quantitative estimate of drug-likeness (QED) is 0.666. The zero-order valence-corrected chi connectivity index (χ0v) is 21.8. The number of carbonyl (C=O) groups is 1. The van der Waals surface area contributed by atoms with Crippen LogP contribution in [-0.2, 0) is 24.1 Å². The third-order valence-corrected chi connectivity index (χ3v) is 8.18. The van der Waals surface area contributed by atoms with Crippen molar-refractivity contribution in [3.05, 3.63) is 23.8 Å². The van der Waals surface area contributed by atoms with Crippen LogP contribution >= 0.6 is 0 Å². The molecule has 10 heteroatoms. The van der Waals surface area contributed by atoms with Gasteiger partial charge in [0.2, 0.25) is 10.0 Å². The highest BCUT2D eigenvalue weighted by molar-refractivity contribution is 7.89. The van der Waals surface area contributed by atoms with Crippen LogP contribution in [0, 0.1) is 6.92 Å². The summed E-state index contributed by atoms with van der Waals surface area (Å²) in [5.41, 5.74) is -0.175. The zero-order valence-electron chi connectivity index (χ0n) is 21.0. The molecule has 184 valence electrons. The number of piperidine rings is 1. The Kier molecular flexibility index (Phi) is 6.99. The fourth-order valence-electron chi connectivity index (χ4n) is 3.94. The SMILES string of the molecule is Cc1cc(B2OC(C)(C)C(C)(C)O2)cc(S(=O)(=O)N2CCCC(NC(=O)OC(C)(C)C)C2)c1. The summed E-state index contributed by atoms with van der Waals surface area (Å²) in [7, 11) is -4.41. The van der Waals surface area contributed by atoms with Gasteiger partial charge in [0.05, 0.1) is 16.1 Å². The second kappa shape index (κ2) is 8.87. The van der Waals surface area contributed by atoms with Gasteiger partial charge in [0, 0.05) is 19.1 Å². The maximum atomic E-state index is 13.5. The second-order valence-corrected chi connectivity index (χ2v) is 13.0. The van der Waals surface area contributed by atoms with E-state index in [0.29, 0.717) is 24.8 Å². The number of amides is 1. The van der Waals surface area contributed by atoms with E-state index in [0.717, 1.165) is 5.56 Å². The van der Waals surface area contributed by atoms with Crippen molar-refractivity contribution in [2.24, 2.45) is 0 Å². The molecule has 2 saturated heterocycles. The average molecular weight is 480 g/mol. The first-order chi connectivity index (χ1) is 15.0. The minimum atomic E-state index is -3.77. The fourth-order valence-corrected chi connectivity index (χ4v) is 5.61. The van der Waals surface area contributed by atoms with Crippen molar-refractivity contribution >= 4 is 28.7 Å². The highest BCUT2D eigenvalue weighted by Gasteiger charge is 2.52. The number of rotatable bonds is 4. The number of carbonyl (C=O) groups excluding carboxylic acids is 1. The van der Waals surface area contributed by atoms with Crippen molar-refractivity contribution in [1.82, 2.24) is 9.62 Å². The van der Waals surface area contributed by atoms with Crippen molar-refractivity contribution < 1.29 is 27.3 Å². The maximum Gasteiger partial charge on any atom is 0.494 e. The normalized spacial score (nSPS) is 23.4. The average Bonchev–Trinajstić information content (AvgIpc) is 2.87. The van der Waals surface area contributed by atoms with Crippen LogP contribution < -0.4 is 10.8 Å². The number of hydrogen-bond acceptors (Lipinski definition) is 6. The summed E-state index contributed by atoms with van der Waals surface area (Å²) in [6.07, 6.45) is 0.804. The molecule has 0 aliphatic carbocycles. The van der Waals surface area contributed by atoms with E-state index in [-0.39, 0.29) is 17.5 Å². The lowest BCUT2D eigenvalue weighted by atomic mass is 9.78. The molecule has 0 saturated carbocycles. The summed E-state index contributed by atoms with van der Waals surface area (Å²) in [5.74, 6) is 0. The first kappa shape index (κ1) is 26.0. The Morgan fingerprint density at radius 2 is 1.76 bits per heavy atom. The molecule has 8 nitrogen and oxygen atoms in total. The van der Waals surface area contributed by atoms with E-state index in [4.69, 9.17) is 14.0 Å². The van der Waals surface area contributed by atoms with Crippen LogP contribution in [0.25, 0.3) is 0 Å². The van der Waals surface area contributed by atoms with Crippen molar-refractivity contribution in [2.75, 3.05) is 13.1 Å². The zero-order chi connectivity index (χ0) is 24.8. The summed E-state index contributed by atoms with van der Waals surface area (Å²) < 4.78 is 46.1. The lowest BCUT2D eigenvalue weighted by Gasteiger charge is -2.33. The lowest BCUT2D eigenvalue weighted by Crippen LogP contribution is -2.50. The molecule has 1 aromatic rings. The molecule has 33 heavy (non-hydrogen) atoms. The first-order valence-electron chi connectivity index (χ1n) is 11.5. The summed E-state index contributed by atoms with van der Waals surface area (Å²) in [6.45, 7) is 15.7. The molecular weight excluding hydrogens is 443 g/mol. The van der Waals surface area contributed by atoms with E-state index in [9.17, 15) is 13.2 Å². The van der Waals surface area contributed by atoms with Crippen LogP contribution in [0.15, 0.2) is 23.1 Å². The minimum absolute atomic E-state index is 0.196. The van der Waals surface area contributed by atoms with Gasteiger partial charge in [0.25, 0.3) is 0 Å². The third kappa shape index (κ3) is 5.91. The number of alkyl carbamates (subject to hydrolysis) is 1. The second-order valence-electron chi connectivity index (χ2n) is 11.0. The van der Waals surface area contributed by atoms with Gasteiger partial charge in [-0.2, -0.15) is 4.31 Å². The van der Waals surface area contributed by atoms with E-state index >= 15 is 0 Å². The molecule has 0 aromatic heterocycles. The van der Waals surface area contributed by atoms with Crippen molar-refractivity contribution in [3.8, 4) is 0 Å². The Labute approximate surface area is 198 Å². The standard InChI is InChI=1S/C23H37BN2O6S/c1-16-12-17(24-31-22(5,6)23(7,8)32-24)14-19(13-16)33(28,29)26-11-9-10-18(15-26)25-20(27)30-21(2,3)4/h12-14,18H,9-11,15H2,1-8H3,(H,25,27). The first-order valence-corrected chi connectivity index (χ1v) is 12.9. The summed E-state index contributed by atoms with van der Waals surface area (Å²) >= 11 is 0. The molecule has 0 radical (unpaired) electrons. The summed E-state index contributed by atoms with van der Waals surface area (Å²) in [5, 5.41) is 2.81. The van der Waals surface area contributed by atoms with Crippen LogP contribution in [0.4, 0.5) is 4.79 Å². The Morgan fingerprint density at radius 3 is 2.33 bits per heavy atom. The van der Waals surface area contributed by atoms with Gasteiger partial charge >= 0.3 is 13.2 Å². The molecule has 1 amide bonds. The van der Waals surface area contributed by atoms with Gasteiger partial charge in [-0.15, -0.1) is 0 Å². The number of aryl methyl sites for hydroxylation is 1. The largest absolute Gasteiger partial charge is 0.494 e. The molecule has 2 aliphatic heterocycles.